The smallest absolute Gasteiger partial charge is 0.137 e. The number of benzene rings is 3. The van der Waals surface area contributed by atoms with Gasteiger partial charge in [-0.15, -0.1) is 0 Å². The molecule has 194 valence electrons. The van der Waals surface area contributed by atoms with Crippen LogP contribution in [0.5, 0.6) is 23.0 Å². The van der Waals surface area contributed by atoms with Crippen LogP contribution in [0.25, 0.3) is 11.1 Å². The maximum atomic E-state index is 7.07. The van der Waals surface area contributed by atoms with E-state index in [2.05, 4.69) is 72.7 Å². The normalized spacial score (nSPS) is 12.1. The van der Waals surface area contributed by atoms with E-state index in [9.17, 15) is 0 Å². The Hall–Kier alpha value is -3.18. The lowest BCUT2D eigenvalue weighted by Gasteiger charge is -2.35. The molecule has 0 amide bonds. The number of anilines is 1. The predicted octanol–water partition coefficient (Wildman–Crippen LogP) is 7.40. The third-order valence-electron chi connectivity index (χ3n) is 6.23. The first kappa shape index (κ1) is 27.4. The quantitative estimate of drug-likeness (QED) is 0.350. The molecule has 0 unspecified atom stereocenters. The molecule has 0 bridgehead atoms. The van der Waals surface area contributed by atoms with E-state index < -0.39 is 0 Å². The summed E-state index contributed by atoms with van der Waals surface area (Å²) < 4.78 is 17.6. The molecule has 0 fully saturated rings. The zero-order valence-corrected chi connectivity index (χ0v) is 23.6. The number of hydrogen-bond donors (Lipinski definition) is 1. The van der Waals surface area contributed by atoms with Crippen molar-refractivity contribution in [1.29, 1.82) is 0 Å². The summed E-state index contributed by atoms with van der Waals surface area (Å²) in [4.78, 5) is 2.17. The first-order valence-electron chi connectivity index (χ1n) is 12.4. The second-order valence-electron chi connectivity index (χ2n) is 11.6. The van der Waals surface area contributed by atoms with Gasteiger partial charge in [-0.25, -0.2) is 0 Å². The molecule has 3 rings (SSSR count). The molecule has 0 spiro atoms. The highest BCUT2D eigenvalue weighted by Gasteiger charge is 2.35. The van der Waals surface area contributed by atoms with Crippen LogP contribution < -0.4 is 19.9 Å². The summed E-state index contributed by atoms with van der Waals surface area (Å²) >= 11 is 0. The van der Waals surface area contributed by atoms with E-state index in [0.717, 1.165) is 56.5 Å². The van der Waals surface area contributed by atoms with E-state index in [4.69, 9.17) is 19.9 Å². The van der Waals surface area contributed by atoms with Crippen LogP contribution in [0, 0.1) is 0 Å². The molecule has 3 aromatic carbocycles. The first-order chi connectivity index (χ1) is 16.8. The van der Waals surface area contributed by atoms with Crippen molar-refractivity contribution < 1.29 is 14.2 Å². The summed E-state index contributed by atoms with van der Waals surface area (Å²) in [5, 5.41) is 0. The van der Waals surface area contributed by atoms with Gasteiger partial charge in [0.15, 0.2) is 0 Å². The minimum absolute atomic E-state index is 0.230. The standard InChI is InChI=1S/C31H42N2O3/c1-30(2,3)26-25(20-11-13-21(34-9)14-12-20)24(19-33(7)8)28(32)27(31(4,5)6)29(26)36-23-17-15-22(35-10)16-18-23/h11-18H,19,32H2,1-10H3. The molecular weight excluding hydrogens is 448 g/mol. The van der Waals surface area contributed by atoms with E-state index in [1.165, 1.54) is 0 Å². The predicted molar refractivity (Wildman–Crippen MR) is 151 cm³/mol. The van der Waals surface area contributed by atoms with Gasteiger partial charge < -0.3 is 24.8 Å². The van der Waals surface area contributed by atoms with Crippen molar-refractivity contribution in [1.82, 2.24) is 4.90 Å². The van der Waals surface area contributed by atoms with Gasteiger partial charge >= 0.3 is 0 Å². The van der Waals surface area contributed by atoms with Crippen LogP contribution in [-0.4, -0.2) is 33.2 Å². The number of rotatable bonds is 7. The first-order valence-corrected chi connectivity index (χ1v) is 12.4. The minimum Gasteiger partial charge on any atom is -0.497 e. The Morgan fingerprint density at radius 3 is 1.56 bits per heavy atom. The molecule has 0 aliphatic heterocycles. The number of ether oxygens (including phenoxy) is 3. The van der Waals surface area contributed by atoms with Gasteiger partial charge in [0, 0.05) is 23.4 Å². The molecule has 5 nitrogen and oxygen atoms in total. The fourth-order valence-corrected chi connectivity index (χ4v) is 4.68. The number of hydrogen-bond acceptors (Lipinski definition) is 5. The van der Waals surface area contributed by atoms with Gasteiger partial charge in [0.05, 0.1) is 14.2 Å². The number of nitrogen functional groups attached to an aromatic ring is 1. The Morgan fingerprint density at radius 1 is 0.694 bits per heavy atom. The van der Waals surface area contributed by atoms with Gasteiger partial charge in [-0.3, -0.25) is 0 Å². The Kier molecular flexibility index (Phi) is 7.94. The number of nitrogens with zero attached hydrogens (tertiary/aromatic N) is 1. The third kappa shape index (κ3) is 5.79. The average Bonchev–Trinajstić information content (AvgIpc) is 2.79. The molecule has 3 aromatic rings. The van der Waals surface area contributed by atoms with Crippen LogP contribution >= 0.6 is 0 Å². The monoisotopic (exact) mass is 490 g/mol. The zero-order chi connectivity index (χ0) is 26.8. The fraction of sp³-hybridized carbons (Fsp3) is 0.419. The van der Waals surface area contributed by atoms with Crippen LogP contribution in [0.4, 0.5) is 5.69 Å². The highest BCUT2D eigenvalue weighted by molar-refractivity contribution is 5.84. The van der Waals surface area contributed by atoms with E-state index in [-0.39, 0.29) is 10.8 Å². The van der Waals surface area contributed by atoms with E-state index >= 15 is 0 Å². The highest BCUT2D eigenvalue weighted by Crippen LogP contribution is 2.52. The molecule has 5 heteroatoms. The second kappa shape index (κ2) is 10.4. The van der Waals surface area contributed by atoms with Gasteiger partial charge in [-0.2, -0.15) is 0 Å². The van der Waals surface area contributed by atoms with Gasteiger partial charge in [-0.1, -0.05) is 53.7 Å². The molecule has 36 heavy (non-hydrogen) atoms. The summed E-state index contributed by atoms with van der Waals surface area (Å²) in [5.74, 6) is 3.17. The largest absolute Gasteiger partial charge is 0.497 e. The molecule has 0 atom stereocenters. The topological polar surface area (TPSA) is 57.0 Å². The van der Waals surface area contributed by atoms with Gasteiger partial charge in [0.2, 0.25) is 0 Å². The minimum atomic E-state index is -0.245. The van der Waals surface area contributed by atoms with Crippen molar-refractivity contribution in [3.05, 3.63) is 65.2 Å². The third-order valence-corrected chi connectivity index (χ3v) is 6.23. The van der Waals surface area contributed by atoms with Crippen molar-refractivity contribution in [3.8, 4) is 34.1 Å². The average molecular weight is 491 g/mol. The van der Waals surface area contributed by atoms with E-state index in [1.807, 2.05) is 36.4 Å². The second-order valence-corrected chi connectivity index (χ2v) is 11.6. The van der Waals surface area contributed by atoms with Crippen molar-refractivity contribution >= 4 is 5.69 Å². The number of nitrogens with two attached hydrogens (primary N) is 1. The molecule has 0 saturated heterocycles. The van der Waals surface area contributed by atoms with Crippen molar-refractivity contribution in [3.63, 3.8) is 0 Å². The molecule has 0 aliphatic carbocycles. The highest BCUT2D eigenvalue weighted by atomic mass is 16.5. The Morgan fingerprint density at radius 2 is 1.14 bits per heavy atom. The van der Waals surface area contributed by atoms with Gasteiger partial charge in [0.1, 0.15) is 23.0 Å². The lowest BCUT2D eigenvalue weighted by molar-refractivity contribution is 0.399. The Labute approximate surface area is 217 Å². The molecule has 2 N–H and O–H groups in total. The van der Waals surface area contributed by atoms with Crippen LogP contribution in [0.1, 0.15) is 58.2 Å². The van der Waals surface area contributed by atoms with E-state index in [0.29, 0.717) is 6.54 Å². The molecular formula is C31H42N2O3. The van der Waals surface area contributed by atoms with Crippen LogP contribution in [0.2, 0.25) is 0 Å². The van der Waals surface area contributed by atoms with Gasteiger partial charge in [0.25, 0.3) is 0 Å². The van der Waals surface area contributed by atoms with Crippen molar-refractivity contribution in [2.45, 2.75) is 58.9 Å². The summed E-state index contributed by atoms with van der Waals surface area (Å²) in [6.45, 7) is 14.0. The molecule has 0 heterocycles. The van der Waals surface area contributed by atoms with Crippen molar-refractivity contribution in [2.24, 2.45) is 0 Å². The van der Waals surface area contributed by atoms with Gasteiger partial charge in [-0.05, 0) is 78.0 Å². The maximum absolute atomic E-state index is 7.07. The SMILES string of the molecule is COc1ccc(Oc2c(C(C)(C)C)c(N)c(CN(C)C)c(-c3ccc(OC)cc3)c2C(C)(C)C)cc1. The Balaban J connectivity index is 2.47. The van der Waals surface area contributed by atoms with Crippen LogP contribution in [-0.2, 0) is 17.4 Å². The lowest BCUT2D eigenvalue weighted by Crippen LogP contribution is -2.25. The zero-order valence-electron chi connectivity index (χ0n) is 23.6. The lowest BCUT2D eigenvalue weighted by atomic mass is 9.73. The summed E-state index contributed by atoms with van der Waals surface area (Å²) in [7, 11) is 7.50. The molecule has 0 radical (unpaired) electrons. The summed E-state index contributed by atoms with van der Waals surface area (Å²) in [5.41, 5.74) is 12.9. The van der Waals surface area contributed by atoms with Crippen molar-refractivity contribution in [2.75, 3.05) is 34.0 Å². The van der Waals surface area contributed by atoms with E-state index in [1.54, 1.807) is 14.2 Å². The molecule has 0 aliphatic rings. The summed E-state index contributed by atoms with van der Waals surface area (Å²) in [6, 6.07) is 15.9. The Bertz CT molecular complexity index is 1180. The fourth-order valence-electron chi connectivity index (χ4n) is 4.68. The molecule has 0 aromatic heterocycles. The van der Waals surface area contributed by atoms with Crippen LogP contribution in [0.3, 0.4) is 0 Å². The summed E-state index contributed by atoms with van der Waals surface area (Å²) in [6.07, 6.45) is 0. The molecule has 0 saturated carbocycles. The maximum Gasteiger partial charge on any atom is 0.137 e. The number of methoxy groups -OCH3 is 2. The van der Waals surface area contributed by atoms with Crippen LogP contribution in [0.15, 0.2) is 48.5 Å².